The molecular formula is C15H20ClN. The topological polar surface area (TPSA) is 3.24 Å². The molecule has 0 radical (unpaired) electrons. The molecule has 0 unspecified atom stereocenters. The van der Waals surface area contributed by atoms with E-state index in [2.05, 4.69) is 35.7 Å². The van der Waals surface area contributed by atoms with Gasteiger partial charge in [0.2, 0.25) is 0 Å². The van der Waals surface area contributed by atoms with Crippen molar-refractivity contribution in [3.8, 4) is 0 Å². The highest BCUT2D eigenvalue weighted by atomic mass is 35.5. The molecule has 1 aliphatic heterocycles. The zero-order chi connectivity index (χ0) is 11.0. The summed E-state index contributed by atoms with van der Waals surface area (Å²) in [7, 11) is 0. The van der Waals surface area contributed by atoms with Crippen LogP contribution in [0.4, 0.5) is 0 Å². The average molecular weight is 250 g/mol. The number of likely N-dealkylation sites (tertiary alicyclic amines) is 1. The van der Waals surface area contributed by atoms with Crippen LogP contribution in [0.5, 0.6) is 0 Å². The Labute approximate surface area is 110 Å². The Balaban J connectivity index is 0.00000108. The first-order valence-corrected chi connectivity index (χ1v) is 6.33. The van der Waals surface area contributed by atoms with Gasteiger partial charge < -0.3 is 0 Å². The Morgan fingerprint density at radius 1 is 1.29 bits per heavy atom. The van der Waals surface area contributed by atoms with Crippen LogP contribution in [0.25, 0.3) is 0 Å². The summed E-state index contributed by atoms with van der Waals surface area (Å²) in [6, 6.07) is 9.78. The molecule has 1 saturated heterocycles. The van der Waals surface area contributed by atoms with Crippen LogP contribution in [-0.2, 0) is 6.42 Å². The molecule has 2 heteroatoms. The Hall–Kier alpha value is -0.790. The third-order valence-electron chi connectivity index (χ3n) is 4.19. The standard InChI is InChI=1S/C15H19N.ClH/c1-2-10-16-11-9-14-13-6-4-3-5-12(13)7-8-15(14)16;/h2-6,14-15H,1,7-11H2;1H/t14-,15+;/m0./s1. The number of halogens is 1. The van der Waals surface area contributed by atoms with E-state index in [-0.39, 0.29) is 12.4 Å². The van der Waals surface area contributed by atoms with E-state index in [0.717, 1.165) is 18.5 Å². The van der Waals surface area contributed by atoms with Crippen molar-refractivity contribution in [2.24, 2.45) is 0 Å². The number of benzene rings is 1. The zero-order valence-electron chi connectivity index (χ0n) is 10.1. The molecule has 17 heavy (non-hydrogen) atoms. The fraction of sp³-hybridized carbons (Fsp3) is 0.467. The predicted molar refractivity (Wildman–Crippen MR) is 74.9 cm³/mol. The number of hydrogen-bond donors (Lipinski definition) is 0. The van der Waals surface area contributed by atoms with Gasteiger partial charge in [0, 0.05) is 18.5 Å². The smallest absolute Gasteiger partial charge is 0.0171 e. The minimum atomic E-state index is 0. The van der Waals surface area contributed by atoms with E-state index < -0.39 is 0 Å². The third-order valence-corrected chi connectivity index (χ3v) is 4.19. The van der Waals surface area contributed by atoms with Crippen molar-refractivity contribution in [2.75, 3.05) is 13.1 Å². The van der Waals surface area contributed by atoms with Crippen LogP contribution >= 0.6 is 12.4 Å². The van der Waals surface area contributed by atoms with Crippen molar-refractivity contribution in [1.29, 1.82) is 0 Å². The number of fused-ring (bicyclic) bond motifs is 3. The maximum atomic E-state index is 3.86. The summed E-state index contributed by atoms with van der Waals surface area (Å²) in [5.41, 5.74) is 3.20. The molecule has 0 N–H and O–H groups in total. The minimum absolute atomic E-state index is 0. The maximum Gasteiger partial charge on any atom is 0.0171 e. The van der Waals surface area contributed by atoms with E-state index >= 15 is 0 Å². The van der Waals surface area contributed by atoms with E-state index in [1.165, 1.54) is 25.8 Å². The highest BCUT2D eigenvalue weighted by molar-refractivity contribution is 5.85. The van der Waals surface area contributed by atoms with Crippen molar-refractivity contribution in [3.05, 3.63) is 48.0 Å². The van der Waals surface area contributed by atoms with Crippen LogP contribution in [0.15, 0.2) is 36.9 Å². The monoisotopic (exact) mass is 249 g/mol. The van der Waals surface area contributed by atoms with Gasteiger partial charge in [-0.15, -0.1) is 19.0 Å². The average Bonchev–Trinajstić information content (AvgIpc) is 2.73. The summed E-state index contributed by atoms with van der Waals surface area (Å²) in [5, 5.41) is 0. The van der Waals surface area contributed by atoms with Gasteiger partial charge in [-0.1, -0.05) is 30.3 Å². The lowest BCUT2D eigenvalue weighted by molar-refractivity contribution is 0.250. The Morgan fingerprint density at radius 2 is 2.12 bits per heavy atom. The molecule has 0 saturated carbocycles. The molecule has 1 aliphatic carbocycles. The Kier molecular flexibility index (Phi) is 3.90. The SMILES string of the molecule is C=CCN1CC[C@H]2c3ccccc3CC[C@H]21.Cl. The summed E-state index contributed by atoms with van der Waals surface area (Å²) in [6.45, 7) is 6.17. The molecule has 1 aromatic carbocycles. The fourth-order valence-electron chi connectivity index (χ4n) is 3.48. The van der Waals surface area contributed by atoms with Crippen LogP contribution in [0, 0.1) is 0 Å². The summed E-state index contributed by atoms with van der Waals surface area (Å²) in [4.78, 5) is 2.60. The first-order valence-electron chi connectivity index (χ1n) is 6.33. The second kappa shape index (κ2) is 5.24. The summed E-state index contributed by atoms with van der Waals surface area (Å²) in [6.07, 6.45) is 5.96. The molecular weight excluding hydrogens is 230 g/mol. The van der Waals surface area contributed by atoms with Crippen LogP contribution in [-0.4, -0.2) is 24.0 Å². The fourth-order valence-corrected chi connectivity index (χ4v) is 3.48. The molecule has 0 bridgehead atoms. The highest BCUT2D eigenvalue weighted by Crippen LogP contribution is 2.41. The van der Waals surface area contributed by atoms with Crippen molar-refractivity contribution in [2.45, 2.75) is 31.2 Å². The van der Waals surface area contributed by atoms with Crippen LogP contribution < -0.4 is 0 Å². The number of hydrogen-bond acceptors (Lipinski definition) is 1. The minimum Gasteiger partial charge on any atom is -0.296 e. The van der Waals surface area contributed by atoms with Crippen molar-refractivity contribution < 1.29 is 0 Å². The molecule has 0 amide bonds. The lowest BCUT2D eigenvalue weighted by Crippen LogP contribution is -2.35. The molecule has 1 heterocycles. The quantitative estimate of drug-likeness (QED) is 0.727. The van der Waals surface area contributed by atoms with Crippen LogP contribution in [0.2, 0.25) is 0 Å². The summed E-state index contributed by atoms with van der Waals surface area (Å²) >= 11 is 0. The second-order valence-corrected chi connectivity index (χ2v) is 4.98. The number of rotatable bonds is 2. The number of aryl methyl sites for hydroxylation is 1. The lowest BCUT2D eigenvalue weighted by Gasteiger charge is -2.32. The van der Waals surface area contributed by atoms with Gasteiger partial charge in [-0.2, -0.15) is 0 Å². The van der Waals surface area contributed by atoms with Gasteiger partial charge in [0.1, 0.15) is 0 Å². The second-order valence-electron chi connectivity index (χ2n) is 4.98. The van der Waals surface area contributed by atoms with Crippen LogP contribution in [0.1, 0.15) is 29.9 Å². The zero-order valence-corrected chi connectivity index (χ0v) is 11.0. The largest absolute Gasteiger partial charge is 0.296 e. The molecule has 0 spiro atoms. The molecule has 92 valence electrons. The van der Waals surface area contributed by atoms with E-state index in [4.69, 9.17) is 0 Å². The molecule has 2 aliphatic rings. The van der Waals surface area contributed by atoms with E-state index in [0.29, 0.717) is 0 Å². The maximum absolute atomic E-state index is 3.86. The summed E-state index contributed by atoms with van der Waals surface area (Å²) in [5.74, 6) is 0.782. The van der Waals surface area contributed by atoms with E-state index in [1.807, 2.05) is 6.08 Å². The van der Waals surface area contributed by atoms with E-state index in [9.17, 15) is 0 Å². The third kappa shape index (κ3) is 2.14. The first-order chi connectivity index (χ1) is 7.90. The van der Waals surface area contributed by atoms with Gasteiger partial charge in [-0.3, -0.25) is 4.90 Å². The molecule has 2 atom stereocenters. The van der Waals surface area contributed by atoms with Crippen molar-refractivity contribution in [1.82, 2.24) is 4.90 Å². The van der Waals surface area contributed by atoms with Gasteiger partial charge in [-0.05, 0) is 36.9 Å². The molecule has 1 aromatic rings. The van der Waals surface area contributed by atoms with Gasteiger partial charge >= 0.3 is 0 Å². The van der Waals surface area contributed by atoms with Crippen molar-refractivity contribution >= 4 is 12.4 Å². The van der Waals surface area contributed by atoms with Gasteiger partial charge in [0.05, 0.1) is 0 Å². The normalized spacial score (nSPS) is 26.8. The van der Waals surface area contributed by atoms with Gasteiger partial charge in [0.25, 0.3) is 0 Å². The first kappa shape index (κ1) is 12.7. The van der Waals surface area contributed by atoms with Gasteiger partial charge in [0.15, 0.2) is 0 Å². The van der Waals surface area contributed by atoms with E-state index in [1.54, 1.807) is 11.1 Å². The molecule has 3 rings (SSSR count). The highest BCUT2D eigenvalue weighted by Gasteiger charge is 2.37. The van der Waals surface area contributed by atoms with Crippen LogP contribution in [0.3, 0.4) is 0 Å². The molecule has 1 fully saturated rings. The Bertz CT molecular complexity index is 402. The Morgan fingerprint density at radius 3 is 2.94 bits per heavy atom. The number of nitrogens with zero attached hydrogens (tertiary/aromatic N) is 1. The molecule has 0 aromatic heterocycles. The lowest BCUT2D eigenvalue weighted by atomic mass is 9.79. The molecule has 1 nitrogen and oxygen atoms in total. The van der Waals surface area contributed by atoms with Gasteiger partial charge in [-0.25, -0.2) is 0 Å². The summed E-state index contributed by atoms with van der Waals surface area (Å²) < 4.78 is 0. The predicted octanol–water partition coefficient (Wildman–Crippen LogP) is 3.40. The van der Waals surface area contributed by atoms with Crippen molar-refractivity contribution in [3.63, 3.8) is 0 Å².